The summed E-state index contributed by atoms with van der Waals surface area (Å²) in [6.45, 7) is 1.39. The molecule has 0 saturated heterocycles. The van der Waals surface area contributed by atoms with Gasteiger partial charge in [0.1, 0.15) is 0 Å². The van der Waals surface area contributed by atoms with Crippen molar-refractivity contribution in [1.29, 1.82) is 0 Å². The van der Waals surface area contributed by atoms with E-state index in [9.17, 15) is 0 Å². The van der Waals surface area contributed by atoms with Crippen molar-refractivity contribution in [3.8, 4) is 0 Å². The Kier molecular flexibility index (Phi) is 1.65. The molecule has 0 bridgehead atoms. The third kappa shape index (κ3) is 1.66. The van der Waals surface area contributed by atoms with E-state index in [1.54, 1.807) is 0 Å². The summed E-state index contributed by atoms with van der Waals surface area (Å²) in [5, 5.41) is 36.0. The van der Waals surface area contributed by atoms with E-state index in [1.165, 1.54) is 6.92 Å². The average molecular weight is 158 g/mol. The van der Waals surface area contributed by atoms with Crippen LogP contribution >= 0.6 is 0 Å². The van der Waals surface area contributed by atoms with Gasteiger partial charge in [-0.15, -0.1) is 0 Å². The fraction of sp³-hybridized carbons (Fsp3) is 0.429. The topological polar surface area (TPSA) is 80.9 Å². The van der Waals surface area contributed by atoms with E-state index in [2.05, 4.69) is 0 Å². The van der Waals surface area contributed by atoms with E-state index >= 15 is 0 Å². The number of hydrogen-bond donors (Lipinski definition) is 4. The minimum Gasteiger partial charge on any atom is -0.359 e. The highest BCUT2D eigenvalue weighted by Crippen LogP contribution is 2.24. The van der Waals surface area contributed by atoms with Gasteiger partial charge in [0.2, 0.25) is 11.6 Å². The summed E-state index contributed by atoms with van der Waals surface area (Å²) in [5.74, 6) is -4.10. The first kappa shape index (κ1) is 8.42. The van der Waals surface area contributed by atoms with E-state index in [4.69, 9.17) is 20.4 Å². The molecule has 4 heteroatoms. The van der Waals surface area contributed by atoms with Crippen molar-refractivity contribution in [2.24, 2.45) is 0 Å². The van der Waals surface area contributed by atoms with E-state index in [0.29, 0.717) is 0 Å². The molecule has 1 rings (SSSR count). The van der Waals surface area contributed by atoms with Crippen LogP contribution in [0.1, 0.15) is 6.92 Å². The number of rotatable bonds is 0. The van der Waals surface area contributed by atoms with Crippen LogP contribution in [0.25, 0.3) is 0 Å². The van der Waals surface area contributed by atoms with Crippen molar-refractivity contribution < 1.29 is 20.4 Å². The van der Waals surface area contributed by atoms with Gasteiger partial charge in [0.25, 0.3) is 0 Å². The summed E-state index contributed by atoms with van der Waals surface area (Å²) in [5.41, 5.74) is 0.0880. The van der Waals surface area contributed by atoms with Gasteiger partial charge >= 0.3 is 0 Å². The Morgan fingerprint density at radius 2 is 1.64 bits per heavy atom. The maximum atomic E-state index is 9.05. The zero-order valence-electron chi connectivity index (χ0n) is 6.02. The van der Waals surface area contributed by atoms with Gasteiger partial charge in [-0.25, -0.2) is 0 Å². The molecule has 0 radical (unpaired) electrons. The van der Waals surface area contributed by atoms with E-state index in [1.807, 2.05) is 0 Å². The van der Waals surface area contributed by atoms with Crippen LogP contribution in [0.4, 0.5) is 0 Å². The fourth-order valence-electron chi connectivity index (χ4n) is 0.843. The Labute approximate surface area is 63.7 Å². The molecule has 4 nitrogen and oxygen atoms in total. The molecule has 0 aromatic carbocycles. The van der Waals surface area contributed by atoms with Gasteiger partial charge < -0.3 is 20.4 Å². The molecule has 0 aromatic heterocycles. The largest absolute Gasteiger partial charge is 0.359 e. The van der Waals surface area contributed by atoms with Crippen LogP contribution in [0.5, 0.6) is 0 Å². The SMILES string of the molecule is CC1=CC(O)(O)C=CC1(O)O. The van der Waals surface area contributed by atoms with Gasteiger partial charge in [-0.1, -0.05) is 0 Å². The molecule has 0 atom stereocenters. The predicted octanol–water partition coefficient (Wildman–Crippen LogP) is -1.14. The zero-order chi connectivity index (χ0) is 8.70. The van der Waals surface area contributed by atoms with Gasteiger partial charge in [0.15, 0.2) is 0 Å². The first-order valence-corrected chi connectivity index (χ1v) is 3.13. The normalized spacial score (nSPS) is 26.5. The van der Waals surface area contributed by atoms with Crippen LogP contribution in [0, 0.1) is 0 Å². The summed E-state index contributed by atoms with van der Waals surface area (Å²) in [4.78, 5) is 0. The number of aliphatic hydroxyl groups is 4. The molecule has 1 aliphatic carbocycles. The molecule has 0 heterocycles. The lowest BCUT2D eigenvalue weighted by Gasteiger charge is -2.26. The van der Waals surface area contributed by atoms with Gasteiger partial charge in [0, 0.05) is 0 Å². The summed E-state index contributed by atoms with van der Waals surface area (Å²) in [6, 6.07) is 0. The summed E-state index contributed by atoms with van der Waals surface area (Å²) >= 11 is 0. The molecule has 0 fully saturated rings. The van der Waals surface area contributed by atoms with Gasteiger partial charge in [-0.05, 0) is 30.7 Å². The lowest BCUT2D eigenvalue weighted by Crippen LogP contribution is -2.36. The van der Waals surface area contributed by atoms with E-state index in [-0.39, 0.29) is 5.57 Å². The van der Waals surface area contributed by atoms with Crippen molar-refractivity contribution in [3.05, 3.63) is 23.8 Å². The molecule has 0 amide bonds. The second-order valence-corrected chi connectivity index (χ2v) is 2.67. The van der Waals surface area contributed by atoms with Crippen LogP contribution in [0.15, 0.2) is 23.8 Å². The monoisotopic (exact) mass is 158 g/mol. The fourth-order valence-corrected chi connectivity index (χ4v) is 0.843. The van der Waals surface area contributed by atoms with Crippen LogP contribution in [-0.4, -0.2) is 32.0 Å². The van der Waals surface area contributed by atoms with E-state index < -0.39 is 11.6 Å². The highest BCUT2D eigenvalue weighted by atomic mass is 16.5. The Morgan fingerprint density at radius 1 is 1.09 bits per heavy atom. The minimum atomic E-state index is -2.06. The first-order valence-electron chi connectivity index (χ1n) is 3.13. The van der Waals surface area contributed by atoms with Gasteiger partial charge in [-0.3, -0.25) is 0 Å². The Bertz CT molecular complexity index is 225. The highest BCUT2D eigenvalue weighted by molar-refractivity contribution is 5.29. The standard InChI is InChI=1S/C7H10O4/c1-5-4-6(8,9)2-3-7(5,10)11/h2-4,8-11H,1H3. The lowest BCUT2D eigenvalue weighted by atomic mass is 9.98. The predicted molar refractivity (Wildman–Crippen MR) is 37.2 cm³/mol. The molecular weight excluding hydrogens is 148 g/mol. The van der Waals surface area contributed by atoms with Gasteiger partial charge in [0.05, 0.1) is 0 Å². The highest BCUT2D eigenvalue weighted by Gasteiger charge is 2.31. The zero-order valence-corrected chi connectivity index (χ0v) is 6.02. The molecule has 62 valence electrons. The Balaban J connectivity index is 2.98. The maximum Gasteiger partial charge on any atom is 0.206 e. The molecular formula is C7H10O4. The average Bonchev–Trinajstić information content (AvgIpc) is 1.81. The van der Waals surface area contributed by atoms with Crippen LogP contribution in [-0.2, 0) is 0 Å². The Morgan fingerprint density at radius 3 is 2.00 bits per heavy atom. The van der Waals surface area contributed by atoms with Crippen LogP contribution < -0.4 is 0 Å². The smallest absolute Gasteiger partial charge is 0.206 e. The molecule has 0 aromatic rings. The number of hydrogen-bond acceptors (Lipinski definition) is 4. The van der Waals surface area contributed by atoms with E-state index in [0.717, 1.165) is 18.2 Å². The molecule has 0 unspecified atom stereocenters. The van der Waals surface area contributed by atoms with Crippen molar-refractivity contribution in [1.82, 2.24) is 0 Å². The van der Waals surface area contributed by atoms with Crippen molar-refractivity contribution in [2.45, 2.75) is 18.5 Å². The minimum absolute atomic E-state index is 0.0880. The van der Waals surface area contributed by atoms with Gasteiger partial charge in [-0.2, -0.15) is 0 Å². The second-order valence-electron chi connectivity index (χ2n) is 2.67. The first-order chi connectivity index (χ1) is 4.83. The molecule has 0 spiro atoms. The Hall–Kier alpha value is -0.680. The summed E-state index contributed by atoms with van der Waals surface area (Å²) in [6.07, 6.45) is 2.79. The molecule has 1 aliphatic rings. The molecule has 0 aliphatic heterocycles. The van der Waals surface area contributed by atoms with Crippen LogP contribution in [0.3, 0.4) is 0 Å². The lowest BCUT2D eigenvalue weighted by molar-refractivity contribution is -0.113. The quantitative estimate of drug-likeness (QED) is 0.265. The van der Waals surface area contributed by atoms with Crippen molar-refractivity contribution in [3.63, 3.8) is 0 Å². The van der Waals surface area contributed by atoms with Crippen LogP contribution in [0.2, 0.25) is 0 Å². The third-order valence-corrected chi connectivity index (χ3v) is 1.57. The molecule has 0 saturated carbocycles. The second kappa shape index (κ2) is 2.15. The molecule has 11 heavy (non-hydrogen) atoms. The maximum absolute atomic E-state index is 9.05. The van der Waals surface area contributed by atoms with Crippen molar-refractivity contribution in [2.75, 3.05) is 0 Å². The third-order valence-electron chi connectivity index (χ3n) is 1.57. The molecule has 4 N–H and O–H groups in total. The van der Waals surface area contributed by atoms with Crippen molar-refractivity contribution >= 4 is 0 Å². The summed E-state index contributed by atoms with van der Waals surface area (Å²) < 4.78 is 0. The summed E-state index contributed by atoms with van der Waals surface area (Å²) in [7, 11) is 0.